The molecule has 6 N–H and O–H groups in total. The molecule has 1 aromatic rings. The molecule has 0 fully saturated rings. The average Bonchev–Trinajstić information content (AvgIpc) is 1.97. The van der Waals surface area contributed by atoms with E-state index in [0.717, 1.165) is 0 Å². The Labute approximate surface area is 62.6 Å². The number of nitrogens with two attached hydrogens (primary N) is 3. The first-order valence-electron chi connectivity index (χ1n) is 2.91. The summed E-state index contributed by atoms with van der Waals surface area (Å²) >= 11 is 0. The van der Waals surface area contributed by atoms with E-state index in [1.807, 2.05) is 0 Å². The molecule has 6 nitrogen and oxygen atoms in total. The van der Waals surface area contributed by atoms with Gasteiger partial charge in [-0.05, 0) is 0 Å². The summed E-state index contributed by atoms with van der Waals surface area (Å²) in [5.74, 6) is 0.198. The van der Waals surface area contributed by atoms with Gasteiger partial charge in [-0.25, -0.2) is 0 Å². The van der Waals surface area contributed by atoms with E-state index in [0.29, 0.717) is 0 Å². The fraction of sp³-hybridized carbons (Fsp3) is 0.200. The molecule has 6 heteroatoms. The second-order valence-electron chi connectivity index (χ2n) is 2.13. The zero-order chi connectivity index (χ0) is 8.59. The summed E-state index contributed by atoms with van der Waals surface area (Å²) < 4.78 is 1.34. The first kappa shape index (κ1) is 7.39. The summed E-state index contributed by atoms with van der Waals surface area (Å²) in [6, 6.07) is 0. The number of hydrogen-bond acceptors (Lipinski definition) is 5. The Hall–Kier alpha value is -1.72. The van der Waals surface area contributed by atoms with Crippen molar-refractivity contribution in [1.29, 1.82) is 0 Å². The third kappa shape index (κ3) is 0.977. The summed E-state index contributed by atoms with van der Waals surface area (Å²) in [5, 5.41) is 0. The molecule has 0 saturated carbocycles. The lowest BCUT2D eigenvalue weighted by atomic mass is 10.5. The molecule has 60 valence electrons. The number of anilines is 3. The van der Waals surface area contributed by atoms with Gasteiger partial charge in [-0.15, -0.1) is 0 Å². The van der Waals surface area contributed by atoms with Crippen LogP contribution < -0.4 is 22.8 Å². The standard InChI is InChI=1S/C5H9N5O/c1-10-3(7)2(6)4(11)9-5(10)8/h6-7H2,1H3,(H2,8,9,11). The maximum atomic E-state index is 10.8. The van der Waals surface area contributed by atoms with Crippen molar-refractivity contribution in [2.75, 3.05) is 17.2 Å². The fourth-order valence-corrected chi connectivity index (χ4v) is 0.653. The zero-order valence-corrected chi connectivity index (χ0v) is 6.03. The van der Waals surface area contributed by atoms with Gasteiger partial charge in [0.2, 0.25) is 5.95 Å². The summed E-state index contributed by atoms with van der Waals surface area (Å²) in [6.45, 7) is 0. The monoisotopic (exact) mass is 155 g/mol. The first-order valence-corrected chi connectivity index (χ1v) is 2.91. The molecule has 1 heterocycles. The molecule has 0 amide bonds. The largest absolute Gasteiger partial charge is 0.391 e. The average molecular weight is 155 g/mol. The van der Waals surface area contributed by atoms with Crippen LogP contribution in [-0.2, 0) is 7.05 Å². The lowest BCUT2D eigenvalue weighted by Crippen LogP contribution is -2.22. The second kappa shape index (κ2) is 2.15. The van der Waals surface area contributed by atoms with Crippen LogP contribution in [0.1, 0.15) is 0 Å². The third-order valence-corrected chi connectivity index (χ3v) is 1.43. The van der Waals surface area contributed by atoms with Crippen LogP contribution in [0.4, 0.5) is 17.5 Å². The van der Waals surface area contributed by atoms with E-state index in [2.05, 4.69) is 4.98 Å². The number of nitrogens with zero attached hydrogens (tertiary/aromatic N) is 2. The molecule has 0 aromatic carbocycles. The molecular weight excluding hydrogens is 146 g/mol. The minimum Gasteiger partial charge on any atom is -0.391 e. The van der Waals surface area contributed by atoms with E-state index < -0.39 is 5.56 Å². The normalized spacial score (nSPS) is 9.91. The minimum atomic E-state index is -0.585. The maximum Gasteiger partial charge on any atom is 0.299 e. The molecule has 0 saturated heterocycles. The van der Waals surface area contributed by atoms with E-state index in [1.165, 1.54) is 4.57 Å². The van der Waals surface area contributed by atoms with Crippen LogP contribution in [0.2, 0.25) is 0 Å². The lowest BCUT2D eigenvalue weighted by Gasteiger charge is -2.07. The maximum absolute atomic E-state index is 10.8. The summed E-state index contributed by atoms with van der Waals surface area (Å²) in [7, 11) is 1.58. The van der Waals surface area contributed by atoms with Crippen molar-refractivity contribution in [1.82, 2.24) is 9.55 Å². The first-order chi connectivity index (χ1) is 5.04. The van der Waals surface area contributed by atoms with Gasteiger partial charge in [-0.2, -0.15) is 4.98 Å². The van der Waals surface area contributed by atoms with Crippen LogP contribution in [-0.4, -0.2) is 9.55 Å². The molecule has 1 rings (SSSR count). The van der Waals surface area contributed by atoms with Gasteiger partial charge in [-0.1, -0.05) is 0 Å². The topological polar surface area (TPSA) is 113 Å². The molecular formula is C5H9N5O. The molecule has 11 heavy (non-hydrogen) atoms. The predicted molar refractivity (Wildman–Crippen MR) is 42.7 cm³/mol. The van der Waals surface area contributed by atoms with Crippen LogP contribution in [0.5, 0.6) is 0 Å². The molecule has 0 unspecified atom stereocenters. The highest BCUT2D eigenvalue weighted by molar-refractivity contribution is 5.58. The Balaban J connectivity index is 3.59. The van der Waals surface area contributed by atoms with Gasteiger partial charge in [0.25, 0.3) is 5.56 Å². The summed E-state index contributed by atoms with van der Waals surface area (Å²) in [5.41, 5.74) is 15.3. The molecule has 0 aliphatic rings. The van der Waals surface area contributed by atoms with E-state index in [1.54, 1.807) is 7.05 Å². The molecule has 0 bridgehead atoms. The molecule has 0 spiro atoms. The quantitative estimate of drug-likeness (QED) is 0.423. The predicted octanol–water partition coefficient (Wildman–Crippen LogP) is -1.47. The van der Waals surface area contributed by atoms with Crippen LogP contribution in [0.15, 0.2) is 4.79 Å². The van der Waals surface area contributed by atoms with Crippen molar-refractivity contribution in [2.24, 2.45) is 7.05 Å². The Bertz CT molecular complexity index is 341. The van der Waals surface area contributed by atoms with Crippen molar-refractivity contribution in [3.63, 3.8) is 0 Å². The number of aromatic nitrogens is 2. The lowest BCUT2D eigenvalue weighted by molar-refractivity contribution is 0.891. The van der Waals surface area contributed by atoms with Gasteiger partial charge in [-0.3, -0.25) is 4.79 Å². The fourth-order valence-electron chi connectivity index (χ4n) is 0.653. The van der Waals surface area contributed by atoms with Gasteiger partial charge in [0.15, 0.2) is 0 Å². The van der Waals surface area contributed by atoms with Crippen LogP contribution in [0, 0.1) is 0 Å². The van der Waals surface area contributed by atoms with Gasteiger partial charge in [0.05, 0.1) is 0 Å². The highest BCUT2D eigenvalue weighted by atomic mass is 16.1. The molecule has 0 aliphatic heterocycles. The van der Waals surface area contributed by atoms with Crippen molar-refractivity contribution in [2.45, 2.75) is 0 Å². The number of nitrogen functional groups attached to an aromatic ring is 3. The molecule has 0 aliphatic carbocycles. The van der Waals surface area contributed by atoms with Crippen molar-refractivity contribution in [3.8, 4) is 0 Å². The Morgan fingerprint density at radius 2 is 1.91 bits per heavy atom. The van der Waals surface area contributed by atoms with Crippen LogP contribution in [0.3, 0.4) is 0 Å². The van der Waals surface area contributed by atoms with Gasteiger partial charge in [0, 0.05) is 7.05 Å². The highest BCUT2D eigenvalue weighted by Gasteiger charge is 2.05. The second-order valence-corrected chi connectivity index (χ2v) is 2.13. The van der Waals surface area contributed by atoms with Crippen LogP contribution in [0.25, 0.3) is 0 Å². The van der Waals surface area contributed by atoms with E-state index >= 15 is 0 Å². The third-order valence-electron chi connectivity index (χ3n) is 1.43. The Morgan fingerprint density at radius 3 is 2.45 bits per heavy atom. The van der Waals surface area contributed by atoms with Crippen LogP contribution >= 0.6 is 0 Å². The Morgan fingerprint density at radius 1 is 1.36 bits per heavy atom. The van der Waals surface area contributed by atoms with E-state index in [9.17, 15) is 4.79 Å². The number of rotatable bonds is 0. The molecule has 1 aromatic heterocycles. The zero-order valence-electron chi connectivity index (χ0n) is 6.03. The number of hydrogen-bond donors (Lipinski definition) is 3. The minimum absolute atomic E-state index is 0.0571. The SMILES string of the molecule is Cn1c(N)nc(=O)c(N)c1N. The van der Waals surface area contributed by atoms with Crippen molar-refractivity contribution >= 4 is 17.5 Å². The molecule has 0 atom stereocenters. The van der Waals surface area contributed by atoms with Crippen molar-refractivity contribution in [3.05, 3.63) is 10.4 Å². The summed E-state index contributed by atoms with van der Waals surface area (Å²) in [4.78, 5) is 14.2. The van der Waals surface area contributed by atoms with E-state index in [-0.39, 0.29) is 17.5 Å². The van der Waals surface area contributed by atoms with Gasteiger partial charge >= 0.3 is 0 Å². The highest BCUT2D eigenvalue weighted by Crippen LogP contribution is 2.08. The Kier molecular flexibility index (Phi) is 1.45. The molecule has 0 radical (unpaired) electrons. The summed E-state index contributed by atoms with van der Waals surface area (Å²) in [6.07, 6.45) is 0. The smallest absolute Gasteiger partial charge is 0.299 e. The van der Waals surface area contributed by atoms with Crippen molar-refractivity contribution < 1.29 is 0 Å². The van der Waals surface area contributed by atoms with Gasteiger partial charge in [0.1, 0.15) is 11.5 Å². The van der Waals surface area contributed by atoms with E-state index in [4.69, 9.17) is 17.2 Å². The van der Waals surface area contributed by atoms with Gasteiger partial charge < -0.3 is 21.8 Å².